The summed E-state index contributed by atoms with van der Waals surface area (Å²) in [6.45, 7) is 9.67. The van der Waals surface area contributed by atoms with Crippen LogP contribution in [0.5, 0.6) is 0 Å². The summed E-state index contributed by atoms with van der Waals surface area (Å²) in [6.07, 6.45) is 6.81. The number of fused-ring (bicyclic) bond motifs is 2. The minimum absolute atomic E-state index is 0.127. The van der Waals surface area contributed by atoms with Crippen molar-refractivity contribution in [2.75, 3.05) is 52.5 Å². The number of esters is 1. The molecule has 3 amide bonds. The molecule has 12 nitrogen and oxygen atoms in total. The predicted octanol–water partition coefficient (Wildman–Crippen LogP) is 1.84. The van der Waals surface area contributed by atoms with Gasteiger partial charge in [-0.2, -0.15) is 0 Å². The van der Waals surface area contributed by atoms with Crippen molar-refractivity contribution in [1.82, 2.24) is 20.0 Å². The largest absolute Gasteiger partial charge is 0.455 e. The Hall–Kier alpha value is -3.58. The molecule has 0 aromatic heterocycles. The van der Waals surface area contributed by atoms with Crippen LogP contribution in [0.4, 0.5) is 0 Å². The lowest BCUT2D eigenvalue weighted by molar-refractivity contribution is -0.162. The second kappa shape index (κ2) is 15.1. The number of benzene rings is 1. The lowest BCUT2D eigenvalue weighted by Crippen LogP contribution is -2.59. The number of carbonyl (C=O) groups excluding carboxylic acids is 4. The Kier molecular flexibility index (Phi) is 10.9. The summed E-state index contributed by atoms with van der Waals surface area (Å²) in [5, 5.41) is 13.7. The molecule has 49 heavy (non-hydrogen) atoms. The molecule has 0 bridgehead atoms. The maximum atomic E-state index is 14.9. The fourth-order valence-corrected chi connectivity index (χ4v) is 8.15. The molecule has 0 unspecified atom stereocenters. The van der Waals surface area contributed by atoms with Crippen molar-refractivity contribution in [3.05, 3.63) is 60.2 Å². The van der Waals surface area contributed by atoms with Crippen LogP contribution in [0, 0.1) is 17.8 Å². The zero-order valence-corrected chi connectivity index (χ0v) is 28.7. The number of morpholine rings is 1. The smallest absolute Gasteiger partial charge is 0.313 e. The number of aliphatic hydroxyl groups excluding tert-OH is 1. The van der Waals surface area contributed by atoms with Gasteiger partial charge >= 0.3 is 5.97 Å². The van der Waals surface area contributed by atoms with Crippen molar-refractivity contribution < 1.29 is 38.5 Å². The average Bonchev–Trinajstić information content (AvgIpc) is 3.50. The van der Waals surface area contributed by atoms with Crippen molar-refractivity contribution in [2.24, 2.45) is 17.8 Å². The summed E-state index contributed by atoms with van der Waals surface area (Å²) in [4.78, 5) is 62.5. The lowest BCUT2D eigenvalue weighted by Gasteiger charge is -2.40. The molecule has 266 valence electrons. The number of amides is 3. The van der Waals surface area contributed by atoms with Gasteiger partial charge in [0.15, 0.2) is 0 Å². The van der Waals surface area contributed by atoms with Crippen LogP contribution in [0.15, 0.2) is 54.6 Å². The van der Waals surface area contributed by atoms with Gasteiger partial charge in [-0.15, -0.1) is 0 Å². The quantitative estimate of drug-likeness (QED) is 0.312. The molecule has 6 rings (SSSR count). The summed E-state index contributed by atoms with van der Waals surface area (Å²) in [5.41, 5.74) is -0.764. The van der Waals surface area contributed by atoms with Gasteiger partial charge in [-0.1, -0.05) is 74.9 Å². The third-order valence-corrected chi connectivity index (χ3v) is 11.0. The highest BCUT2D eigenvalue weighted by molar-refractivity contribution is 5.99. The van der Waals surface area contributed by atoms with Crippen LogP contribution in [-0.2, 0) is 33.4 Å². The molecule has 0 radical (unpaired) electrons. The van der Waals surface area contributed by atoms with E-state index in [1.54, 1.807) is 24.0 Å². The minimum Gasteiger partial charge on any atom is -0.455 e. The first kappa shape index (κ1) is 35.3. The molecular weight excluding hydrogens is 628 g/mol. The van der Waals surface area contributed by atoms with E-state index in [9.17, 15) is 24.3 Å². The Balaban J connectivity index is 1.40. The van der Waals surface area contributed by atoms with Crippen LogP contribution in [0.1, 0.15) is 51.7 Å². The highest BCUT2D eigenvalue weighted by Gasteiger charge is 2.72. The Morgan fingerprint density at radius 2 is 1.80 bits per heavy atom. The zero-order chi connectivity index (χ0) is 34.7. The third kappa shape index (κ3) is 6.80. The first-order chi connectivity index (χ1) is 23.7. The predicted molar refractivity (Wildman–Crippen MR) is 180 cm³/mol. The molecule has 3 fully saturated rings. The summed E-state index contributed by atoms with van der Waals surface area (Å²) in [5.74, 6) is -3.75. The SMILES string of the molecule is CC[C@H](C)[C@H](CO)N1C(=O)[C@H]2[C@@H]3C(=O)O[C@@H](c4ccccc4)[C@H](C)NC(=O)CC/C=C\[C@@H]3O[C@]23C=CCN(CCN2CCOCC2)C(=O)[C@H]13. The van der Waals surface area contributed by atoms with Crippen LogP contribution in [-0.4, -0.2) is 126 Å². The summed E-state index contributed by atoms with van der Waals surface area (Å²) in [6, 6.07) is 6.92. The monoisotopic (exact) mass is 678 g/mol. The molecule has 12 heteroatoms. The van der Waals surface area contributed by atoms with Gasteiger partial charge in [0.2, 0.25) is 17.7 Å². The fraction of sp³-hybridized carbons (Fsp3) is 0.622. The van der Waals surface area contributed by atoms with E-state index in [0.717, 1.165) is 13.1 Å². The van der Waals surface area contributed by atoms with Crippen LogP contribution < -0.4 is 5.32 Å². The maximum absolute atomic E-state index is 14.9. The Bertz CT molecular complexity index is 1430. The van der Waals surface area contributed by atoms with E-state index >= 15 is 0 Å². The number of nitrogens with one attached hydrogen (secondary N) is 1. The number of ether oxygens (including phenoxy) is 3. The first-order valence-corrected chi connectivity index (χ1v) is 17.8. The van der Waals surface area contributed by atoms with E-state index in [1.165, 1.54) is 4.90 Å². The molecule has 5 heterocycles. The number of likely N-dealkylation sites (tertiary alicyclic amines) is 1. The van der Waals surface area contributed by atoms with Crippen LogP contribution in [0.25, 0.3) is 0 Å². The minimum atomic E-state index is -1.47. The summed E-state index contributed by atoms with van der Waals surface area (Å²) in [7, 11) is 0. The number of cyclic esters (lactones) is 1. The Labute approximate surface area is 288 Å². The number of hydrogen-bond acceptors (Lipinski definition) is 9. The van der Waals surface area contributed by atoms with E-state index in [1.807, 2.05) is 56.3 Å². The molecular formula is C37H50N4O8. The van der Waals surface area contributed by atoms with Crippen molar-refractivity contribution >= 4 is 23.7 Å². The normalized spacial score (nSPS) is 34.4. The number of aliphatic hydroxyl groups is 1. The molecule has 0 aliphatic carbocycles. The van der Waals surface area contributed by atoms with Crippen LogP contribution in [0.3, 0.4) is 0 Å². The number of allylic oxidation sites excluding steroid dienone is 1. The molecule has 9 atom stereocenters. The van der Waals surface area contributed by atoms with Gasteiger partial charge in [-0.05, 0) is 24.8 Å². The van der Waals surface area contributed by atoms with Gasteiger partial charge in [0.25, 0.3) is 0 Å². The maximum Gasteiger partial charge on any atom is 0.313 e. The molecule has 5 aliphatic rings. The van der Waals surface area contributed by atoms with Gasteiger partial charge in [-0.3, -0.25) is 24.1 Å². The molecule has 0 saturated carbocycles. The zero-order valence-electron chi connectivity index (χ0n) is 28.7. The van der Waals surface area contributed by atoms with Crippen LogP contribution in [0.2, 0.25) is 0 Å². The van der Waals surface area contributed by atoms with Crippen LogP contribution >= 0.6 is 0 Å². The van der Waals surface area contributed by atoms with Crippen molar-refractivity contribution in [1.29, 1.82) is 0 Å². The van der Waals surface area contributed by atoms with E-state index in [2.05, 4.69) is 10.2 Å². The Morgan fingerprint density at radius 1 is 1.04 bits per heavy atom. The number of hydrogen-bond donors (Lipinski definition) is 2. The van der Waals surface area contributed by atoms with Gasteiger partial charge in [-0.25, -0.2) is 0 Å². The van der Waals surface area contributed by atoms with E-state index in [4.69, 9.17) is 14.2 Å². The standard InChI is InChI=1S/C37H50N4O8/c1-4-24(2)27(23-42)41-33-35(45)40(18-17-39-19-21-47-22-20-39)16-10-15-37(33)31(34(41)44)30-28(49-37)13-8-9-14-29(43)38-25(3)32(48-36(30)46)26-11-6-5-7-12-26/h5-8,10-13,15,24-25,27-28,30-33,42H,4,9,14,16-23H2,1-3H3,(H,38,43)/b13-8-/t24-,25-,27-,28-,30+,31+,32+,33-,37+/m0/s1. The van der Waals surface area contributed by atoms with Gasteiger partial charge in [0.1, 0.15) is 23.7 Å². The van der Waals surface area contributed by atoms with Crippen molar-refractivity contribution in [2.45, 2.75) is 76.0 Å². The second-order valence-corrected chi connectivity index (χ2v) is 14.0. The third-order valence-electron chi connectivity index (χ3n) is 11.0. The number of nitrogens with zero attached hydrogens (tertiary/aromatic N) is 3. The van der Waals surface area contributed by atoms with E-state index in [0.29, 0.717) is 51.3 Å². The van der Waals surface area contributed by atoms with E-state index < -0.39 is 59.6 Å². The molecule has 1 aromatic carbocycles. The van der Waals surface area contributed by atoms with Crippen molar-refractivity contribution in [3.8, 4) is 0 Å². The fourth-order valence-electron chi connectivity index (χ4n) is 8.15. The summed E-state index contributed by atoms with van der Waals surface area (Å²) >= 11 is 0. The molecule has 1 aromatic rings. The van der Waals surface area contributed by atoms with E-state index in [-0.39, 0.29) is 30.8 Å². The van der Waals surface area contributed by atoms with Gasteiger partial charge in [0, 0.05) is 39.1 Å². The first-order valence-electron chi connectivity index (χ1n) is 17.8. The van der Waals surface area contributed by atoms with Gasteiger partial charge in [0.05, 0.1) is 43.9 Å². The molecule has 2 N–H and O–H groups in total. The molecule has 1 spiro atoms. The van der Waals surface area contributed by atoms with Crippen molar-refractivity contribution in [3.63, 3.8) is 0 Å². The highest BCUT2D eigenvalue weighted by atomic mass is 16.6. The average molecular weight is 679 g/mol. The number of carbonyl (C=O) groups is 4. The Morgan fingerprint density at radius 3 is 2.51 bits per heavy atom. The van der Waals surface area contributed by atoms with Gasteiger partial charge < -0.3 is 34.4 Å². The lowest BCUT2D eigenvalue weighted by atomic mass is 9.77. The highest BCUT2D eigenvalue weighted by Crippen LogP contribution is 2.54. The molecule has 3 saturated heterocycles. The topological polar surface area (TPSA) is 138 Å². The number of rotatable bonds is 8. The second-order valence-electron chi connectivity index (χ2n) is 14.0. The summed E-state index contributed by atoms with van der Waals surface area (Å²) < 4.78 is 18.6. The molecule has 5 aliphatic heterocycles.